The molecule has 0 heterocycles. The highest BCUT2D eigenvalue weighted by Gasteiger charge is 2.31. The van der Waals surface area contributed by atoms with Crippen molar-refractivity contribution < 1.29 is 14.3 Å². The van der Waals surface area contributed by atoms with Crippen molar-refractivity contribution in [3.8, 4) is 5.75 Å². The molecule has 0 spiro atoms. The summed E-state index contributed by atoms with van der Waals surface area (Å²) in [7, 11) is 1.61. The Morgan fingerprint density at radius 1 is 1.44 bits per heavy atom. The number of hydrogen-bond donors (Lipinski definition) is 1. The van der Waals surface area contributed by atoms with Crippen LogP contribution in [0.2, 0.25) is 0 Å². The van der Waals surface area contributed by atoms with Crippen LogP contribution in [-0.2, 0) is 9.53 Å². The third-order valence-electron chi connectivity index (χ3n) is 2.95. The number of hydrogen-bond acceptors (Lipinski definition) is 4. The summed E-state index contributed by atoms with van der Waals surface area (Å²) in [5.41, 5.74) is 0.838. The number of methoxy groups -OCH3 is 1. The van der Waals surface area contributed by atoms with E-state index in [0.717, 1.165) is 18.4 Å². The van der Waals surface area contributed by atoms with Gasteiger partial charge in [-0.25, -0.2) is 4.79 Å². The van der Waals surface area contributed by atoms with Crippen molar-refractivity contribution in [2.45, 2.75) is 31.8 Å². The number of esters is 1. The van der Waals surface area contributed by atoms with Gasteiger partial charge in [0.25, 0.3) is 0 Å². The van der Waals surface area contributed by atoms with E-state index in [4.69, 9.17) is 9.47 Å². The monoisotopic (exact) mass is 249 g/mol. The molecule has 0 aliphatic heterocycles. The van der Waals surface area contributed by atoms with E-state index >= 15 is 0 Å². The van der Waals surface area contributed by atoms with E-state index in [1.54, 1.807) is 7.11 Å². The zero-order chi connectivity index (χ0) is 13.0. The van der Waals surface area contributed by atoms with Gasteiger partial charge in [-0.3, -0.25) is 5.32 Å². The number of ether oxygens (including phenoxy) is 2. The predicted molar refractivity (Wildman–Crippen MR) is 68.5 cm³/mol. The van der Waals surface area contributed by atoms with Crippen LogP contribution in [0, 0.1) is 0 Å². The first-order valence-corrected chi connectivity index (χ1v) is 6.31. The molecule has 0 bridgehead atoms. The number of carbonyl (C=O) groups is 1. The highest BCUT2D eigenvalue weighted by Crippen LogP contribution is 2.30. The first-order valence-electron chi connectivity index (χ1n) is 6.31. The molecule has 0 saturated heterocycles. The van der Waals surface area contributed by atoms with Gasteiger partial charge in [-0.15, -0.1) is 0 Å². The first-order chi connectivity index (χ1) is 8.76. The van der Waals surface area contributed by atoms with Gasteiger partial charge in [0, 0.05) is 11.6 Å². The zero-order valence-electron chi connectivity index (χ0n) is 10.8. The summed E-state index contributed by atoms with van der Waals surface area (Å²) in [6.07, 6.45) is 2.23. The van der Waals surface area contributed by atoms with Gasteiger partial charge in [-0.05, 0) is 25.8 Å². The van der Waals surface area contributed by atoms with Crippen LogP contribution in [0.15, 0.2) is 24.3 Å². The van der Waals surface area contributed by atoms with E-state index in [2.05, 4.69) is 5.32 Å². The van der Waals surface area contributed by atoms with Crippen molar-refractivity contribution >= 4 is 5.97 Å². The summed E-state index contributed by atoms with van der Waals surface area (Å²) in [6, 6.07) is 7.53. The highest BCUT2D eigenvalue weighted by molar-refractivity contribution is 5.78. The molecule has 1 aliphatic carbocycles. The molecular weight excluding hydrogens is 230 g/mol. The molecule has 18 heavy (non-hydrogen) atoms. The van der Waals surface area contributed by atoms with Crippen molar-refractivity contribution in [2.75, 3.05) is 13.7 Å². The first kappa shape index (κ1) is 12.9. The molecule has 1 atom stereocenters. The lowest BCUT2D eigenvalue weighted by atomic mass is 10.1. The van der Waals surface area contributed by atoms with E-state index in [9.17, 15) is 4.79 Å². The molecule has 1 aromatic carbocycles. The van der Waals surface area contributed by atoms with E-state index in [1.165, 1.54) is 0 Å². The molecule has 1 unspecified atom stereocenters. The van der Waals surface area contributed by atoms with Crippen molar-refractivity contribution in [1.29, 1.82) is 0 Å². The van der Waals surface area contributed by atoms with Crippen LogP contribution in [0.3, 0.4) is 0 Å². The maximum Gasteiger partial charge on any atom is 0.327 e. The lowest BCUT2D eigenvalue weighted by Gasteiger charge is -2.19. The topological polar surface area (TPSA) is 47.6 Å². The summed E-state index contributed by atoms with van der Waals surface area (Å²) < 4.78 is 10.4. The standard InChI is InChI=1S/C14H19NO3/c1-3-18-14(16)13(15-10-8-9-10)11-6-4-5-7-12(11)17-2/h4-7,10,13,15H,3,8-9H2,1-2H3. The van der Waals surface area contributed by atoms with Gasteiger partial charge in [-0.2, -0.15) is 0 Å². The van der Waals surface area contributed by atoms with Crippen molar-refractivity contribution in [3.05, 3.63) is 29.8 Å². The Bertz CT molecular complexity index is 415. The molecule has 0 aromatic heterocycles. The number of carbonyl (C=O) groups excluding carboxylic acids is 1. The minimum Gasteiger partial charge on any atom is -0.496 e. The van der Waals surface area contributed by atoms with E-state index < -0.39 is 6.04 Å². The fourth-order valence-electron chi connectivity index (χ4n) is 1.90. The van der Waals surface area contributed by atoms with Crippen LogP contribution in [0.5, 0.6) is 5.75 Å². The molecule has 1 saturated carbocycles. The second-order valence-electron chi connectivity index (χ2n) is 4.37. The Balaban J connectivity index is 2.22. The minimum atomic E-state index is -0.436. The lowest BCUT2D eigenvalue weighted by Crippen LogP contribution is -2.32. The van der Waals surface area contributed by atoms with Gasteiger partial charge < -0.3 is 9.47 Å². The Labute approximate surface area is 107 Å². The highest BCUT2D eigenvalue weighted by atomic mass is 16.5. The Kier molecular flexibility index (Phi) is 4.20. The zero-order valence-corrected chi connectivity index (χ0v) is 10.8. The van der Waals surface area contributed by atoms with Gasteiger partial charge in [0.05, 0.1) is 13.7 Å². The molecule has 1 aromatic rings. The van der Waals surface area contributed by atoms with Gasteiger partial charge in [0.15, 0.2) is 0 Å². The maximum atomic E-state index is 12.0. The SMILES string of the molecule is CCOC(=O)C(NC1CC1)c1ccccc1OC. The van der Waals surface area contributed by atoms with Crippen LogP contribution >= 0.6 is 0 Å². The van der Waals surface area contributed by atoms with Gasteiger partial charge in [0.2, 0.25) is 0 Å². The minimum absolute atomic E-state index is 0.242. The summed E-state index contributed by atoms with van der Waals surface area (Å²) in [4.78, 5) is 12.0. The van der Waals surface area contributed by atoms with Gasteiger partial charge in [0.1, 0.15) is 11.8 Å². The van der Waals surface area contributed by atoms with Gasteiger partial charge in [-0.1, -0.05) is 18.2 Å². The molecule has 1 aliphatic rings. The van der Waals surface area contributed by atoms with E-state index in [-0.39, 0.29) is 5.97 Å². The molecule has 1 fully saturated rings. The number of nitrogens with one attached hydrogen (secondary N) is 1. The molecule has 4 heteroatoms. The maximum absolute atomic E-state index is 12.0. The smallest absolute Gasteiger partial charge is 0.327 e. The summed E-state index contributed by atoms with van der Waals surface area (Å²) in [6.45, 7) is 2.20. The molecule has 0 amide bonds. The second kappa shape index (κ2) is 5.87. The number of rotatable bonds is 6. The van der Waals surface area contributed by atoms with Crippen molar-refractivity contribution in [2.24, 2.45) is 0 Å². The number of benzene rings is 1. The average Bonchev–Trinajstić information content (AvgIpc) is 3.20. The van der Waals surface area contributed by atoms with Crippen LogP contribution in [0.25, 0.3) is 0 Å². The van der Waals surface area contributed by atoms with Crippen LogP contribution in [-0.4, -0.2) is 25.7 Å². The van der Waals surface area contributed by atoms with Crippen LogP contribution in [0.1, 0.15) is 31.4 Å². The molecule has 98 valence electrons. The van der Waals surface area contributed by atoms with Crippen molar-refractivity contribution in [1.82, 2.24) is 5.32 Å². The third kappa shape index (κ3) is 3.01. The summed E-state index contributed by atoms with van der Waals surface area (Å²) in [5, 5.41) is 3.31. The fraction of sp³-hybridized carbons (Fsp3) is 0.500. The van der Waals surface area contributed by atoms with E-state index in [0.29, 0.717) is 18.4 Å². The van der Waals surface area contributed by atoms with Crippen molar-refractivity contribution in [3.63, 3.8) is 0 Å². The fourth-order valence-corrected chi connectivity index (χ4v) is 1.90. The molecule has 4 nitrogen and oxygen atoms in total. The Morgan fingerprint density at radius 3 is 2.78 bits per heavy atom. The summed E-state index contributed by atoms with van der Waals surface area (Å²) in [5.74, 6) is 0.470. The molecular formula is C14H19NO3. The predicted octanol–water partition coefficient (Wildman–Crippen LogP) is 2.05. The summed E-state index contributed by atoms with van der Waals surface area (Å²) >= 11 is 0. The van der Waals surface area contributed by atoms with Crippen LogP contribution < -0.4 is 10.1 Å². The second-order valence-corrected chi connectivity index (χ2v) is 4.37. The third-order valence-corrected chi connectivity index (χ3v) is 2.95. The quantitative estimate of drug-likeness (QED) is 0.784. The Hall–Kier alpha value is -1.55. The largest absolute Gasteiger partial charge is 0.496 e. The normalized spacial score (nSPS) is 16.1. The van der Waals surface area contributed by atoms with Gasteiger partial charge >= 0.3 is 5.97 Å². The molecule has 1 N–H and O–H groups in total. The number of para-hydroxylation sites is 1. The van der Waals surface area contributed by atoms with E-state index in [1.807, 2.05) is 31.2 Å². The molecule has 0 radical (unpaired) electrons. The van der Waals surface area contributed by atoms with Crippen LogP contribution in [0.4, 0.5) is 0 Å². The molecule has 2 rings (SSSR count). The average molecular weight is 249 g/mol. The Morgan fingerprint density at radius 2 is 2.17 bits per heavy atom. The lowest BCUT2D eigenvalue weighted by molar-refractivity contribution is -0.146.